The van der Waals surface area contributed by atoms with Gasteiger partial charge in [0.05, 0.1) is 17.1 Å². The Morgan fingerprint density at radius 2 is 1.88 bits per heavy atom. The molecule has 0 fully saturated rings. The zero-order valence-electron chi connectivity index (χ0n) is 13.7. The summed E-state index contributed by atoms with van der Waals surface area (Å²) < 4.78 is 30.3. The monoisotopic (exact) mass is 348 g/mol. The van der Waals surface area contributed by atoms with Gasteiger partial charge >= 0.3 is 5.97 Å². The molecular formula is C17H20N2O4S. The molecule has 0 atom stereocenters. The lowest BCUT2D eigenvalue weighted by Crippen LogP contribution is -2.22. The van der Waals surface area contributed by atoms with Crippen molar-refractivity contribution in [2.75, 3.05) is 20.7 Å². The van der Waals surface area contributed by atoms with Crippen LogP contribution in [0.2, 0.25) is 0 Å². The number of nitrogens with zero attached hydrogens (tertiary/aromatic N) is 2. The van der Waals surface area contributed by atoms with Crippen LogP contribution in [0.15, 0.2) is 53.7 Å². The Hall–Kier alpha value is -2.25. The summed E-state index contributed by atoms with van der Waals surface area (Å²) in [6.07, 6.45) is 4.97. The molecule has 0 radical (unpaired) electrons. The highest BCUT2D eigenvalue weighted by Gasteiger charge is 2.17. The molecule has 1 aromatic carbocycles. The molecule has 0 aliphatic rings. The lowest BCUT2D eigenvalue weighted by atomic mass is 10.2. The second-order valence-electron chi connectivity index (χ2n) is 5.41. The third kappa shape index (κ3) is 4.62. The van der Waals surface area contributed by atoms with Crippen molar-refractivity contribution in [3.05, 3.63) is 59.9 Å². The number of benzene rings is 1. The molecular weight excluding hydrogens is 328 g/mol. The molecule has 2 aromatic rings. The van der Waals surface area contributed by atoms with Gasteiger partial charge in [-0.1, -0.05) is 6.07 Å². The number of aryl methyl sites for hydroxylation is 1. The van der Waals surface area contributed by atoms with Gasteiger partial charge in [0, 0.05) is 26.5 Å². The summed E-state index contributed by atoms with van der Waals surface area (Å²) in [6.45, 7) is 0.297. The minimum atomic E-state index is -3.50. The summed E-state index contributed by atoms with van der Waals surface area (Å²) in [5.41, 5.74) is 1.42. The molecule has 0 unspecified atom stereocenters. The highest BCUT2D eigenvalue weighted by atomic mass is 32.2. The van der Waals surface area contributed by atoms with E-state index in [-0.39, 0.29) is 4.90 Å². The van der Waals surface area contributed by atoms with E-state index in [0.717, 1.165) is 16.3 Å². The van der Waals surface area contributed by atoms with Crippen molar-refractivity contribution >= 4 is 16.0 Å². The molecule has 24 heavy (non-hydrogen) atoms. The number of aromatic nitrogens is 1. The Kier molecular flexibility index (Phi) is 6.05. The van der Waals surface area contributed by atoms with Gasteiger partial charge in [0.2, 0.25) is 10.0 Å². The summed E-state index contributed by atoms with van der Waals surface area (Å²) in [5, 5.41) is 0. The fourth-order valence-electron chi connectivity index (χ4n) is 2.04. The smallest absolute Gasteiger partial charge is 0.338 e. The van der Waals surface area contributed by atoms with Gasteiger partial charge in [-0.25, -0.2) is 17.5 Å². The number of ether oxygens (including phenoxy) is 1. The van der Waals surface area contributed by atoms with Gasteiger partial charge in [-0.05, 0) is 48.7 Å². The number of carbonyl (C=O) groups is 1. The van der Waals surface area contributed by atoms with Gasteiger partial charge in [0.1, 0.15) is 0 Å². The third-order valence-electron chi connectivity index (χ3n) is 3.43. The topological polar surface area (TPSA) is 76.6 Å². The predicted molar refractivity (Wildman–Crippen MR) is 90.2 cm³/mol. The summed E-state index contributed by atoms with van der Waals surface area (Å²) in [7, 11) is -0.579. The Labute approximate surface area is 142 Å². The first-order chi connectivity index (χ1) is 11.4. The van der Waals surface area contributed by atoms with Crippen LogP contribution in [0.25, 0.3) is 0 Å². The Bertz CT molecular complexity index is 772. The number of hydrogen-bond donors (Lipinski definition) is 0. The molecule has 0 aliphatic carbocycles. The maximum atomic E-state index is 12.0. The van der Waals surface area contributed by atoms with E-state index in [1.165, 1.54) is 38.4 Å². The average molecular weight is 348 g/mol. The van der Waals surface area contributed by atoms with Crippen molar-refractivity contribution in [2.45, 2.75) is 17.7 Å². The molecule has 0 spiro atoms. The van der Waals surface area contributed by atoms with Crippen LogP contribution in [0.4, 0.5) is 0 Å². The van der Waals surface area contributed by atoms with Crippen LogP contribution in [-0.2, 0) is 21.2 Å². The van der Waals surface area contributed by atoms with E-state index in [9.17, 15) is 13.2 Å². The SMILES string of the molecule is CN(C)S(=O)(=O)c1ccc(C(=O)OCCCc2cccnc2)cc1. The fraction of sp³-hybridized carbons (Fsp3) is 0.294. The second-order valence-corrected chi connectivity index (χ2v) is 7.56. The minimum absolute atomic E-state index is 0.139. The van der Waals surface area contributed by atoms with Crippen molar-refractivity contribution in [2.24, 2.45) is 0 Å². The van der Waals surface area contributed by atoms with Gasteiger partial charge < -0.3 is 4.74 Å². The summed E-state index contributed by atoms with van der Waals surface area (Å²) in [5.74, 6) is -0.463. The molecule has 128 valence electrons. The van der Waals surface area contributed by atoms with Crippen LogP contribution in [0, 0.1) is 0 Å². The quantitative estimate of drug-likeness (QED) is 0.566. The first kappa shape index (κ1) is 18.1. The van der Waals surface area contributed by atoms with E-state index in [1.54, 1.807) is 12.4 Å². The summed E-state index contributed by atoms with van der Waals surface area (Å²) in [4.78, 5) is 16.1. The van der Waals surface area contributed by atoms with Crippen LogP contribution < -0.4 is 0 Å². The molecule has 7 heteroatoms. The zero-order chi connectivity index (χ0) is 17.6. The van der Waals surface area contributed by atoms with E-state index < -0.39 is 16.0 Å². The first-order valence-electron chi connectivity index (χ1n) is 7.50. The zero-order valence-corrected chi connectivity index (χ0v) is 14.5. The van der Waals surface area contributed by atoms with Crippen molar-refractivity contribution in [3.8, 4) is 0 Å². The molecule has 2 rings (SSSR count). The van der Waals surface area contributed by atoms with Crippen LogP contribution in [0.1, 0.15) is 22.3 Å². The Morgan fingerprint density at radius 3 is 2.46 bits per heavy atom. The van der Waals surface area contributed by atoms with Gasteiger partial charge in [0.25, 0.3) is 0 Å². The number of carbonyl (C=O) groups excluding carboxylic acids is 1. The average Bonchev–Trinajstić information content (AvgIpc) is 2.59. The van der Waals surface area contributed by atoms with Gasteiger partial charge in [-0.2, -0.15) is 0 Å². The number of sulfonamides is 1. The molecule has 1 heterocycles. The van der Waals surface area contributed by atoms with Crippen LogP contribution in [0.5, 0.6) is 0 Å². The van der Waals surface area contributed by atoms with Gasteiger partial charge in [0.15, 0.2) is 0 Å². The van der Waals surface area contributed by atoms with E-state index >= 15 is 0 Å². The lowest BCUT2D eigenvalue weighted by molar-refractivity contribution is 0.0500. The molecule has 6 nitrogen and oxygen atoms in total. The molecule has 0 saturated heterocycles. The second kappa shape index (κ2) is 8.03. The first-order valence-corrected chi connectivity index (χ1v) is 8.94. The molecule has 0 N–H and O–H groups in total. The number of pyridine rings is 1. The standard InChI is InChI=1S/C17H20N2O4S/c1-19(2)24(21,22)16-9-7-15(8-10-16)17(20)23-12-4-6-14-5-3-11-18-13-14/h3,5,7-11,13H,4,6,12H2,1-2H3. The lowest BCUT2D eigenvalue weighted by Gasteiger charge is -2.11. The van der Waals surface area contributed by atoms with Crippen molar-refractivity contribution < 1.29 is 17.9 Å². The van der Waals surface area contributed by atoms with Gasteiger partial charge in [-0.3, -0.25) is 4.98 Å². The van der Waals surface area contributed by atoms with Crippen LogP contribution in [0.3, 0.4) is 0 Å². The number of esters is 1. The maximum absolute atomic E-state index is 12.0. The largest absolute Gasteiger partial charge is 0.462 e. The Balaban J connectivity index is 1.87. The predicted octanol–water partition coefficient (Wildman–Crippen LogP) is 2.12. The third-order valence-corrected chi connectivity index (χ3v) is 5.26. The fourth-order valence-corrected chi connectivity index (χ4v) is 2.95. The summed E-state index contributed by atoms with van der Waals surface area (Å²) in [6, 6.07) is 9.56. The van der Waals surface area contributed by atoms with Crippen molar-refractivity contribution in [1.82, 2.24) is 9.29 Å². The Morgan fingerprint density at radius 1 is 1.17 bits per heavy atom. The molecule has 0 bridgehead atoms. The molecule has 0 amide bonds. The highest BCUT2D eigenvalue weighted by Crippen LogP contribution is 2.14. The van der Waals surface area contributed by atoms with Crippen molar-refractivity contribution in [3.63, 3.8) is 0 Å². The summed E-state index contributed by atoms with van der Waals surface area (Å²) >= 11 is 0. The molecule has 1 aromatic heterocycles. The molecule has 0 saturated carbocycles. The van der Waals surface area contributed by atoms with E-state index in [0.29, 0.717) is 18.6 Å². The van der Waals surface area contributed by atoms with Crippen LogP contribution >= 0.6 is 0 Å². The molecule has 0 aliphatic heterocycles. The minimum Gasteiger partial charge on any atom is -0.462 e. The normalized spacial score (nSPS) is 11.5. The number of hydrogen-bond acceptors (Lipinski definition) is 5. The van der Waals surface area contributed by atoms with Crippen molar-refractivity contribution in [1.29, 1.82) is 0 Å². The number of rotatable bonds is 7. The van der Waals surface area contributed by atoms with Gasteiger partial charge in [-0.15, -0.1) is 0 Å². The maximum Gasteiger partial charge on any atom is 0.338 e. The van der Waals surface area contributed by atoms with E-state index in [2.05, 4.69) is 4.98 Å². The van der Waals surface area contributed by atoms with Crippen LogP contribution in [-0.4, -0.2) is 44.4 Å². The highest BCUT2D eigenvalue weighted by molar-refractivity contribution is 7.89. The van der Waals surface area contributed by atoms with E-state index in [1.807, 2.05) is 12.1 Å². The van der Waals surface area contributed by atoms with E-state index in [4.69, 9.17) is 4.74 Å².